The Morgan fingerprint density at radius 3 is 2.85 bits per heavy atom. The van der Waals surface area contributed by atoms with Crippen LogP contribution in [0.25, 0.3) is 10.9 Å². The van der Waals surface area contributed by atoms with Crippen molar-refractivity contribution in [3.63, 3.8) is 0 Å². The minimum absolute atomic E-state index is 0.000981. The fraction of sp³-hybridized carbons (Fsp3) is 0.222. The van der Waals surface area contributed by atoms with Crippen molar-refractivity contribution in [1.82, 2.24) is 9.88 Å². The first-order valence-electron chi connectivity index (χ1n) is 11.2. The van der Waals surface area contributed by atoms with Crippen LogP contribution >= 0.6 is 0 Å². The second-order valence-electron chi connectivity index (χ2n) is 8.41. The predicted molar refractivity (Wildman–Crippen MR) is 125 cm³/mol. The highest BCUT2D eigenvalue weighted by Crippen LogP contribution is 2.36. The summed E-state index contributed by atoms with van der Waals surface area (Å²) < 4.78 is 16.9. The van der Waals surface area contributed by atoms with Crippen LogP contribution in [-0.2, 0) is 19.4 Å². The average Bonchev–Trinajstić information content (AvgIpc) is 3.60. The van der Waals surface area contributed by atoms with Gasteiger partial charge >= 0.3 is 0 Å². The van der Waals surface area contributed by atoms with Crippen molar-refractivity contribution in [3.05, 3.63) is 89.1 Å². The Kier molecular flexibility index (Phi) is 4.91. The summed E-state index contributed by atoms with van der Waals surface area (Å²) in [5.74, 6) is 2.33. The van der Waals surface area contributed by atoms with E-state index in [1.807, 2.05) is 59.6 Å². The van der Waals surface area contributed by atoms with Gasteiger partial charge in [-0.1, -0.05) is 30.3 Å². The number of fused-ring (bicyclic) bond motifs is 3. The molecule has 0 bridgehead atoms. The molecule has 166 valence electrons. The summed E-state index contributed by atoms with van der Waals surface area (Å²) in [6.45, 7) is 1.91. The highest BCUT2D eigenvalue weighted by molar-refractivity contribution is 5.95. The molecule has 0 atom stereocenters. The molecule has 0 fully saturated rings. The highest BCUT2D eigenvalue weighted by atomic mass is 16.7. The summed E-state index contributed by atoms with van der Waals surface area (Å²) in [4.78, 5) is 18.9. The van der Waals surface area contributed by atoms with E-state index < -0.39 is 0 Å². The van der Waals surface area contributed by atoms with Gasteiger partial charge in [0.15, 0.2) is 11.5 Å². The number of ether oxygens (including phenoxy) is 3. The van der Waals surface area contributed by atoms with Crippen molar-refractivity contribution in [1.29, 1.82) is 0 Å². The molecule has 0 aliphatic carbocycles. The molecular weight excluding hydrogens is 416 g/mol. The molecule has 0 saturated heterocycles. The van der Waals surface area contributed by atoms with Gasteiger partial charge in [0, 0.05) is 47.7 Å². The number of nitrogens with zero attached hydrogens (tertiary/aromatic N) is 1. The Balaban J connectivity index is 1.30. The third-order valence-corrected chi connectivity index (χ3v) is 6.39. The van der Waals surface area contributed by atoms with Gasteiger partial charge in [-0.2, -0.15) is 0 Å². The molecule has 1 aromatic heterocycles. The molecule has 1 N–H and O–H groups in total. The molecule has 6 rings (SSSR count). The van der Waals surface area contributed by atoms with E-state index in [9.17, 15) is 4.79 Å². The van der Waals surface area contributed by atoms with Gasteiger partial charge in [0.05, 0.1) is 6.61 Å². The average molecular weight is 440 g/mol. The molecule has 0 unspecified atom stereocenters. The molecule has 3 heterocycles. The number of aromatic amines is 1. The minimum Gasteiger partial charge on any atom is -0.493 e. The first kappa shape index (κ1) is 19.7. The van der Waals surface area contributed by atoms with E-state index >= 15 is 0 Å². The topological polar surface area (TPSA) is 63.8 Å². The van der Waals surface area contributed by atoms with Gasteiger partial charge in [-0.3, -0.25) is 4.79 Å². The van der Waals surface area contributed by atoms with Crippen molar-refractivity contribution < 1.29 is 19.0 Å². The van der Waals surface area contributed by atoms with Crippen LogP contribution in [-0.4, -0.2) is 35.7 Å². The van der Waals surface area contributed by atoms with Crippen LogP contribution in [0.4, 0.5) is 0 Å². The Hall–Kier alpha value is -3.93. The summed E-state index contributed by atoms with van der Waals surface area (Å²) in [6, 6.07) is 19.8. The van der Waals surface area contributed by atoms with E-state index in [1.165, 1.54) is 10.9 Å². The largest absolute Gasteiger partial charge is 0.493 e. The molecular formula is C27H24N2O4. The predicted octanol–water partition coefficient (Wildman–Crippen LogP) is 4.72. The van der Waals surface area contributed by atoms with Crippen molar-refractivity contribution in [2.45, 2.75) is 19.4 Å². The fourth-order valence-corrected chi connectivity index (χ4v) is 4.67. The lowest BCUT2D eigenvalue weighted by atomic mass is 10.1. The molecule has 0 radical (unpaired) electrons. The van der Waals surface area contributed by atoms with E-state index in [4.69, 9.17) is 14.2 Å². The Morgan fingerprint density at radius 1 is 0.939 bits per heavy atom. The van der Waals surface area contributed by atoms with Crippen LogP contribution < -0.4 is 14.2 Å². The van der Waals surface area contributed by atoms with Crippen molar-refractivity contribution in [2.24, 2.45) is 0 Å². The van der Waals surface area contributed by atoms with Crippen LogP contribution in [0, 0.1) is 0 Å². The summed E-state index contributed by atoms with van der Waals surface area (Å²) >= 11 is 0. The second kappa shape index (κ2) is 8.20. The number of H-pyrrole nitrogens is 1. The number of nitrogens with one attached hydrogen (secondary N) is 1. The molecule has 0 saturated carbocycles. The molecule has 0 spiro atoms. The van der Waals surface area contributed by atoms with Crippen molar-refractivity contribution >= 4 is 16.8 Å². The number of carbonyl (C=O) groups excluding carboxylic acids is 1. The zero-order chi connectivity index (χ0) is 22.2. The number of rotatable bonds is 6. The molecule has 2 aliphatic rings. The Labute approximate surface area is 191 Å². The maximum Gasteiger partial charge on any atom is 0.254 e. The SMILES string of the molecule is O=C(c1ccc2c(c1)CCO2)N(CCc1c[nH]c2ccccc12)Cc1cccc2c1OCO2. The highest BCUT2D eigenvalue weighted by Gasteiger charge is 2.24. The van der Waals surface area contributed by atoms with Crippen LogP contribution in [0.2, 0.25) is 0 Å². The lowest BCUT2D eigenvalue weighted by Gasteiger charge is -2.24. The van der Waals surface area contributed by atoms with E-state index in [-0.39, 0.29) is 12.7 Å². The van der Waals surface area contributed by atoms with Crippen molar-refractivity contribution in [2.75, 3.05) is 19.9 Å². The lowest BCUT2D eigenvalue weighted by Crippen LogP contribution is -2.32. The lowest BCUT2D eigenvalue weighted by molar-refractivity contribution is 0.0743. The van der Waals surface area contributed by atoms with E-state index in [2.05, 4.69) is 17.1 Å². The van der Waals surface area contributed by atoms with Gasteiger partial charge < -0.3 is 24.1 Å². The van der Waals surface area contributed by atoms with Gasteiger partial charge in [-0.05, 0) is 47.9 Å². The number of para-hydroxylation sites is 2. The molecule has 1 amide bonds. The number of amides is 1. The van der Waals surface area contributed by atoms with Gasteiger partial charge in [-0.25, -0.2) is 0 Å². The Morgan fingerprint density at radius 2 is 1.88 bits per heavy atom. The Bertz CT molecular complexity index is 1340. The third kappa shape index (κ3) is 3.67. The normalized spacial score (nSPS) is 13.7. The van der Waals surface area contributed by atoms with Gasteiger partial charge in [-0.15, -0.1) is 0 Å². The fourth-order valence-electron chi connectivity index (χ4n) is 4.67. The van der Waals surface area contributed by atoms with Crippen LogP contribution in [0.15, 0.2) is 66.9 Å². The molecule has 4 aromatic rings. The number of hydrogen-bond donors (Lipinski definition) is 1. The third-order valence-electron chi connectivity index (χ3n) is 6.39. The van der Waals surface area contributed by atoms with E-state index in [1.54, 1.807) is 0 Å². The summed E-state index contributed by atoms with van der Waals surface area (Å²) in [6.07, 6.45) is 3.62. The molecule has 6 nitrogen and oxygen atoms in total. The number of hydrogen-bond acceptors (Lipinski definition) is 4. The number of benzene rings is 3. The summed E-state index contributed by atoms with van der Waals surface area (Å²) in [5.41, 5.74) is 5.03. The second-order valence-corrected chi connectivity index (χ2v) is 8.41. The summed E-state index contributed by atoms with van der Waals surface area (Å²) in [7, 11) is 0. The maximum absolute atomic E-state index is 13.7. The minimum atomic E-state index is 0.000981. The van der Waals surface area contributed by atoms with Gasteiger partial charge in [0.2, 0.25) is 6.79 Å². The zero-order valence-corrected chi connectivity index (χ0v) is 18.2. The van der Waals surface area contributed by atoms with E-state index in [0.717, 1.165) is 46.7 Å². The molecule has 3 aromatic carbocycles. The first-order chi connectivity index (χ1) is 16.3. The molecule has 6 heteroatoms. The zero-order valence-electron chi connectivity index (χ0n) is 18.2. The standard InChI is InChI=1S/C27H24N2O4/c30-27(19-8-9-24-18(14-19)11-13-31-24)29(16-21-4-3-7-25-26(21)33-17-32-25)12-10-20-15-28-23-6-2-1-5-22(20)23/h1-9,14-15,28H,10-13,16-17H2. The van der Waals surface area contributed by atoms with Gasteiger partial charge in [0.1, 0.15) is 5.75 Å². The number of carbonyl (C=O) groups is 1. The monoisotopic (exact) mass is 440 g/mol. The number of aromatic nitrogens is 1. The van der Waals surface area contributed by atoms with Crippen LogP contribution in [0.3, 0.4) is 0 Å². The van der Waals surface area contributed by atoms with Crippen LogP contribution in [0.1, 0.15) is 27.0 Å². The first-order valence-corrected chi connectivity index (χ1v) is 11.2. The molecule has 2 aliphatic heterocycles. The maximum atomic E-state index is 13.7. The summed E-state index contributed by atoms with van der Waals surface area (Å²) in [5, 5.41) is 1.19. The molecule has 33 heavy (non-hydrogen) atoms. The smallest absolute Gasteiger partial charge is 0.254 e. The van der Waals surface area contributed by atoms with Crippen molar-refractivity contribution in [3.8, 4) is 17.2 Å². The quantitative estimate of drug-likeness (QED) is 0.471. The van der Waals surface area contributed by atoms with E-state index in [0.29, 0.717) is 25.3 Å². The van der Waals surface area contributed by atoms with Crippen LogP contribution in [0.5, 0.6) is 17.2 Å². The van der Waals surface area contributed by atoms with Gasteiger partial charge in [0.25, 0.3) is 5.91 Å².